The summed E-state index contributed by atoms with van der Waals surface area (Å²) in [4.78, 5) is 12.3. The minimum atomic E-state index is -0.244. The highest BCUT2D eigenvalue weighted by Gasteiger charge is 2.23. The van der Waals surface area contributed by atoms with E-state index in [4.69, 9.17) is 25.8 Å². The van der Waals surface area contributed by atoms with Crippen LogP contribution in [0, 0.1) is 5.41 Å². The minimum Gasteiger partial charge on any atom is -0.493 e. The normalized spacial score (nSPS) is 11.0. The predicted molar refractivity (Wildman–Crippen MR) is 82.9 cm³/mol. The molecule has 1 rings (SSSR count). The maximum atomic E-state index is 12.3. The van der Waals surface area contributed by atoms with Gasteiger partial charge in [-0.05, 0) is 17.5 Å². The summed E-state index contributed by atoms with van der Waals surface area (Å²) in [6, 6.07) is 3.31. The number of carbonyl (C=O) groups excluding carboxylic acids is 1. The van der Waals surface area contributed by atoms with Gasteiger partial charge >= 0.3 is 0 Å². The van der Waals surface area contributed by atoms with Crippen LogP contribution in [0.2, 0.25) is 0 Å². The van der Waals surface area contributed by atoms with Gasteiger partial charge in [0.15, 0.2) is 11.5 Å². The van der Waals surface area contributed by atoms with Gasteiger partial charge in [-0.25, -0.2) is 0 Å². The molecule has 6 heteroatoms. The molecule has 0 aliphatic rings. The average Bonchev–Trinajstić information content (AvgIpc) is 2.50. The van der Waals surface area contributed by atoms with Gasteiger partial charge in [-0.1, -0.05) is 13.8 Å². The van der Waals surface area contributed by atoms with Crippen molar-refractivity contribution in [2.45, 2.75) is 13.8 Å². The lowest BCUT2D eigenvalue weighted by Gasteiger charge is -2.22. The van der Waals surface area contributed by atoms with Crippen LogP contribution in [0.3, 0.4) is 0 Å². The first-order valence-electron chi connectivity index (χ1n) is 6.53. The molecule has 21 heavy (non-hydrogen) atoms. The zero-order valence-electron chi connectivity index (χ0n) is 13.1. The molecule has 0 fully saturated rings. The van der Waals surface area contributed by atoms with E-state index in [9.17, 15) is 4.79 Å². The largest absolute Gasteiger partial charge is 0.493 e. The van der Waals surface area contributed by atoms with Gasteiger partial charge in [0.2, 0.25) is 5.75 Å². The van der Waals surface area contributed by atoms with Crippen LogP contribution < -0.4 is 19.5 Å². The van der Waals surface area contributed by atoms with Gasteiger partial charge < -0.3 is 19.5 Å². The van der Waals surface area contributed by atoms with Gasteiger partial charge in [0.1, 0.15) is 0 Å². The second-order valence-corrected chi connectivity index (χ2v) is 5.63. The highest BCUT2D eigenvalue weighted by Crippen LogP contribution is 2.39. The second kappa shape index (κ2) is 7.41. The Morgan fingerprint density at radius 1 is 1.14 bits per heavy atom. The molecule has 0 saturated heterocycles. The van der Waals surface area contributed by atoms with Crippen LogP contribution in [0.4, 0.5) is 0 Å². The molecule has 1 N–H and O–H groups in total. The Bertz CT molecular complexity index is 503. The van der Waals surface area contributed by atoms with Gasteiger partial charge in [0, 0.05) is 12.4 Å². The number of alkyl halides is 1. The average molecular weight is 316 g/mol. The Morgan fingerprint density at radius 2 is 1.76 bits per heavy atom. The van der Waals surface area contributed by atoms with Crippen LogP contribution in [0.1, 0.15) is 24.2 Å². The fourth-order valence-corrected chi connectivity index (χ4v) is 1.84. The second-order valence-electron chi connectivity index (χ2n) is 5.36. The number of hydrogen-bond acceptors (Lipinski definition) is 4. The van der Waals surface area contributed by atoms with Crippen LogP contribution in [0.25, 0.3) is 0 Å². The first-order chi connectivity index (χ1) is 9.90. The quantitative estimate of drug-likeness (QED) is 0.786. The van der Waals surface area contributed by atoms with Crippen LogP contribution in [-0.2, 0) is 0 Å². The molecule has 0 radical (unpaired) electrons. The smallest absolute Gasteiger partial charge is 0.255 e. The zero-order valence-corrected chi connectivity index (χ0v) is 13.8. The van der Waals surface area contributed by atoms with Gasteiger partial charge in [-0.2, -0.15) is 0 Å². The highest BCUT2D eigenvalue weighted by molar-refractivity contribution is 6.18. The molecule has 118 valence electrons. The van der Waals surface area contributed by atoms with Crippen LogP contribution in [0.15, 0.2) is 12.1 Å². The standard InChI is InChI=1S/C15H22ClNO4/c1-15(2,8-16)9-17-14(18)10-6-7-11(19-3)13(21-5)12(10)20-4/h6-7H,8-9H2,1-5H3,(H,17,18). The van der Waals surface area contributed by atoms with E-state index < -0.39 is 0 Å². The van der Waals surface area contributed by atoms with E-state index in [1.165, 1.54) is 21.3 Å². The Kier molecular flexibility index (Phi) is 6.15. The fraction of sp³-hybridized carbons (Fsp3) is 0.533. The molecule has 0 aromatic heterocycles. The lowest BCUT2D eigenvalue weighted by atomic mass is 9.96. The minimum absolute atomic E-state index is 0.180. The molecule has 0 unspecified atom stereocenters. The van der Waals surface area contributed by atoms with Gasteiger partial charge in [0.05, 0.1) is 26.9 Å². The van der Waals surface area contributed by atoms with E-state index >= 15 is 0 Å². The van der Waals surface area contributed by atoms with Crippen molar-refractivity contribution in [3.05, 3.63) is 17.7 Å². The Labute approximate surface area is 130 Å². The lowest BCUT2D eigenvalue weighted by molar-refractivity contribution is 0.0936. The Morgan fingerprint density at radius 3 is 2.24 bits per heavy atom. The topological polar surface area (TPSA) is 56.8 Å². The van der Waals surface area contributed by atoms with Crippen molar-refractivity contribution < 1.29 is 19.0 Å². The van der Waals surface area contributed by atoms with E-state index in [-0.39, 0.29) is 11.3 Å². The van der Waals surface area contributed by atoms with Crippen molar-refractivity contribution in [1.29, 1.82) is 0 Å². The van der Waals surface area contributed by atoms with Crippen molar-refractivity contribution in [2.75, 3.05) is 33.8 Å². The maximum absolute atomic E-state index is 12.3. The third-order valence-corrected chi connectivity index (χ3v) is 3.76. The Balaban J connectivity index is 3.04. The maximum Gasteiger partial charge on any atom is 0.255 e. The molecule has 1 amide bonds. The van der Waals surface area contributed by atoms with E-state index in [0.717, 1.165) is 0 Å². The molecule has 1 aromatic carbocycles. The number of rotatable bonds is 7. The number of nitrogens with one attached hydrogen (secondary N) is 1. The summed E-state index contributed by atoms with van der Waals surface area (Å²) in [5, 5.41) is 2.85. The van der Waals surface area contributed by atoms with Crippen molar-refractivity contribution >= 4 is 17.5 Å². The molecule has 0 aliphatic carbocycles. The third kappa shape index (κ3) is 4.17. The molecule has 0 spiro atoms. The number of ether oxygens (including phenoxy) is 3. The summed E-state index contributed by atoms with van der Waals surface area (Å²) < 4.78 is 15.8. The molecular weight excluding hydrogens is 294 g/mol. The van der Waals surface area contributed by atoms with Crippen LogP contribution >= 0.6 is 11.6 Å². The van der Waals surface area contributed by atoms with Crippen molar-refractivity contribution in [1.82, 2.24) is 5.32 Å². The summed E-state index contributed by atoms with van der Waals surface area (Å²) >= 11 is 5.86. The SMILES string of the molecule is COc1ccc(C(=O)NCC(C)(C)CCl)c(OC)c1OC. The number of carbonyl (C=O) groups is 1. The first-order valence-corrected chi connectivity index (χ1v) is 7.06. The number of hydrogen-bond donors (Lipinski definition) is 1. The molecule has 0 atom stereocenters. The van der Waals surface area contributed by atoms with Gasteiger partial charge in [-0.3, -0.25) is 4.79 Å². The fourth-order valence-electron chi connectivity index (χ4n) is 1.74. The molecule has 0 heterocycles. The number of halogens is 1. The van der Waals surface area contributed by atoms with Crippen LogP contribution in [-0.4, -0.2) is 39.7 Å². The lowest BCUT2D eigenvalue weighted by Crippen LogP contribution is -2.35. The Hall–Kier alpha value is -1.62. The zero-order chi connectivity index (χ0) is 16.0. The van der Waals surface area contributed by atoms with Crippen molar-refractivity contribution in [3.8, 4) is 17.2 Å². The molecule has 0 aliphatic heterocycles. The first kappa shape index (κ1) is 17.4. The molecule has 0 saturated carbocycles. The van der Waals surface area contributed by atoms with E-state index in [1.54, 1.807) is 12.1 Å². The molecule has 5 nitrogen and oxygen atoms in total. The molecular formula is C15H22ClNO4. The van der Waals surface area contributed by atoms with Crippen LogP contribution in [0.5, 0.6) is 17.2 Å². The summed E-state index contributed by atoms with van der Waals surface area (Å²) in [5.41, 5.74) is 0.210. The number of methoxy groups -OCH3 is 3. The highest BCUT2D eigenvalue weighted by atomic mass is 35.5. The van der Waals surface area contributed by atoms with E-state index in [2.05, 4.69) is 5.32 Å². The number of benzene rings is 1. The van der Waals surface area contributed by atoms with Gasteiger partial charge in [-0.15, -0.1) is 11.6 Å². The van der Waals surface area contributed by atoms with E-state index in [1.807, 2.05) is 13.8 Å². The summed E-state index contributed by atoms with van der Waals surface area (Å²) in [6.07, 6.45) is 0. The summed E-state index contributed by atoms with van der Waals surface area (Å²) in [5.74, 6) is 1.45. The molecule has 1 aromatic rings. The van der Waals surface area contributed by atoms with Gasteiger partial charge in [0.25, 0.3) is 5.91 Å². The van der Waals surface area contributed by atoms with E-state index in [0.29, 0.717) is 35.2 Å². The monoisotopic (exact) mass is 315 g/mol. The number of amides is 1. The molecule has 0 bridgehead atoms. The summed E-state index contributed by atoms with van der Waals surface area (Å²) in [7, 11) is 4.51. The third-order valence-electron chi connectivity index (χ3n) is 3.04. The predicted octanol–water partition coefficient (Wildman–Crippen LogP) is 2.71. The van der Waals surface area contributed by atoms with Crippen molar-refractivity contribution in [3.63, 3.8) is 0 Å². The van der Waals surface area contributed by atoms with Crippen molar-refractivity contribution in [2.24, 2.45) is 5.41 Å². The summed E-state index contributed by atoms with van der Waals surface area (Å²) in [6.45, 7) is 4.42.